The number of pyridine rings is 1. The third-order valence-corrected chi connectivity index (χ3v) is 8.29. The van der Waals surface area contributed by atoms with Crippen LogP contribution in [0.5, 0.6) is 11.8 Å². The normalized spacial score (nSPS) is 17.6. The summed E-state index contributed by atoms with van der Waals surface area (Å²) in [6, 6.07) is 4.21. The van der Waals surface area contributed by atoms with Gasteiger partial charge in [-0.1, -0.05) is 6.92 Å². The number of carbonyl (C=O) groups excluding carboxylic acids is 1. The van der Waals surface area contributed by atoms with Crippen molar-refractivity contribution in [1.82, 2.24) is 29.3 Å². The molecule has 0 saturated carbocycles. The van der Waals surface area contributed by atoms with Gasteiger partial charge in [0.05, 0.1) is 17.2 Å². The Morgan fingerprint density at radius 3 is 2.49 bits per heavy atom. The molecular weight excluding hydrogens is 567 g/mol. The number of hydrogen-bond donors (Lipinski definition) is 2. The smallest absolute Gasteiger partial charge is 0.397 e. The molecule has 16 heteroatoms. The van der Waals surface area contributed by atoms with Gasteiger partial charge in [-0.25, -0.2) is 27.5 Å². The van der Waals surface area contributed by atoms with Crippen LogP contribution in [0.25, 0.3) is 5.82 Å². The van der Waals surface area contributed by atoms with Gasteiger partial charge in [-0.2, -0.15) is 18.3 Å². The molecular formula is C25H32F3N7O5S. The molecule has 4 heterocycles. The van der Waals surface area contributed by atoms with Crippen molar-refractivity contribution in [2.24, 2.45) is 18.4 Å². The molecule has 12 nitrogen and oxygen atoms in total. The molecule has 0 unspecified atom stereocenters. The van der Waals surface area contributed by atoms with Gasteiger partial charge < -0.3 is 14.7 Å². The van der Waals surface area contributed by atoms with Crippen LogP contribution in [0.4, 0.5) is 19.0 Å². The molecule has 1 amide bonds. The minimum absolute atomic E-state index is 0.0431. The summed E-state index contributed by atoms with van der Waals surface area (Å²) in [6.07, 6.45) is -1.32. The zero-order valence-corrected chi connectivity index (χ0v) is 24.2. The second-order valence-electron chi connectivity index (χ2n) is 11.4. The van der Waals surface area contributed by atoms with Crippen LogP contribution in [0.1, 0.15) is 51.4 Å². The van der Waals surface area contributed by atoms with Gasteiger partial charge in [0.15, 0.2) is 10.7 Å². The van der Waals surface area contributed by atoms with Crippen molar-refractivity contribution >= 4 is 21.7 Å². The van der Waals surface area contributed by atoms with Crippen molar-refractivity contribution in [1.29, 1.82) is 0 Å². The van der Waals surface area contributed by atoms with Crippen molar-refractivity contribution in [2.75, 3.05) is 18.1 Å². The summed E-state index contributed by atoms with van der Waals surface area (Å²) in [5, 5.41) is 17.9. The largest absolute Gasteiger partial charge is 0.492 e. The Kier molecular flexibility index (Phi) is 7.52. The number of nitrogens with zero attached hydrogens (tertiary/aromatic N) is 6. The number of aryl methyl sites for hydroxylation is 1. The van der Waals surface area contributed by atoms with Crippen LogP contribution in [0, 0.1) is 11.3 Å². The standard InChI is InChI=1S/C25H32F3N7O5S/c1-15-11-24(4,5)34(13-15)20-16(21(36)32-41(38,39)17-12-29-33(6)22(17)37)7-8-18(30-20)35-10-9-19(31-35)40-14-23(2,3)25(26,27)28/h7-10,12,15,37H,11,13-14H2,1-6H3,(H,32,36)/t15-/m0/s1. The van der Waals surface area contributed by atoms with Crippen molar-refractivity contribution in [3.8, 4) is 17.6 Å². The maximum atomic E-state index is 13.3. The second-order valence-corrected chi connectivity index (χ2v) is 13.1. The first-order valence-corrected chi connectivity index (χ1v) is 14.1. The highest BCUT2D eigenvalue weighted by molar-refractivity contribution is 7.90. The van der Waals surface area contributed by atoms with E-state index in [1.54, 1.807) is 0 Å². The van der Waals surface area contributed by atoms with Crippen LogP contribution >= 0.6 is 0 Å². The minimum atomic E-state index is -4.48. The number of alkyl halides is 3. The van der Waals surface area contributed by atoms with Gasteiger partial charge in [0.2, 0.25) is 11.8 Å². The molecule has 1 saturated heterocycles. The zero-order chi connectivity index (χ0) is 30.5. The molecule has 2 N–H and O–H groups in total. The molecule has 0 aromatic carbocycles. The topological polar surface area (TPSA) is 144 Å². The predicted molar refractivity (Wildman–Crippen MR) is 141 cm³/mol. The lowest BCUT2D eigenvalue weighted by molar-refractivity contribution is -0.219. The number of aromatic nitrogens is 5. The van der Waals surface area contributed by atoms with Crippen LogP contribution in [-0.2, 0) is 17.1 Å². The fraction of sp³-hybridized carbons (Fsp3) is 0.520. The van der Waals surface area contributed by atoms with E-state index in [0.717, 1.165) is 31.1 Å². The molecule has 0 radical (unpaired) electrons. The van der Waals surface area contributed by atoms with Gasteiger partial charge >= 0.3 is 6.18 Å². The lowest BCUT2D eigenvalue weighted by Gasteiger charge is -2.34. The average Bonchev–Trinajstić information content (AvgIpc) is 3.53. The van der Waals surface area contributed by atoms with Crippen molar-refractivity contribution < 1.29 is 36.2 Å². The van der Waals surface area contributed by atoms with E-state index in [1.807, 2.05) is 30.4 Å². The zero-order valence-electron chi connectivity index (χ0n) is 23.4. The van der Waals surface area contributed by atoms with Gasteiger partial charge in [-0.3, -0.25) is 4.79 Å². The molecule has 1 atom stereocenters. The molecule has 41 heavy (non-hydrogen) atoms. The highest BCUT2D eigenvalue weighted by atomic mass is 32.2. The Morgan fingerprint density at radius 2 is 1.93 bits per heavy atom. The second kappa shape index (κ2) is 10.2. The number of anilines is 1. The summed E-state index contributed by atoms with van der Waals surface area (Å²) < 4.78 is 74.9. The van der Waals surface area contributed by atoms with Crippen LogP contribution < -0.4 is 14.4 Å². The SMILES string of the molecule is C[C@@H]1CN(c2nc(-n3ccc(OCC(C)(C)C(F)(F)F)n3)ccc2C(=O)NS(=O)(=O)c2cnn(C)c2O)C(C)(C)C1. The van der Waals surface area contributed by atoms with Crippen LogP contribution in [-0.4, -0.2) is 68.8 Å². The third kappa shape index (κ3) is 5.96. The molecule has 1 aliphatic heterocycles. The van der Waals surface area contributed by atoms with Crippen molar-refractivity contribution in [3.63, 3.8) is 0 Å². The predicted octanol–water partition coefficient (Wildman–Crippen LogP) is 3.42. The van der Waals surface area contributed by atoms with Gasteiger partial charge in [0.1, 0.15) is 12.4 Å². The highest BCUT2D eigenvalue weighted by Gasteiger charge is 2.48. The van der Waals surface area contributed by atoms with Crippen LogP contribution in [0.3, 0.4) is 0 Å². The lowest BCUT2D eigenvalue weighted by Crippen LogP contribution is -2.41. The van der Waals surface area contributed by atoms with E-state index in [-0.39, 0.29) is 29.0 Å². The Hall–Kier alpha value is -3.82. The Morgan fingerprint density at radius 1 is 1.24 bits per heavy atom. The number of amides is 1. The third-order valence-electron chi connectivity index (χ3n) is 6.97. The van der Waals surface area contributed by atoms with Crippen molar-refractivity contribution in [2.45, 2.75) is 57.7 Å². The summed E-state index contributed by atoms with van der Waals surface area (Å²) >= 11 is 0. The monoisotopic (exact) mass is 599 g/mol. The van der Waals surface area contributed by atoms with E-state index in [9.17, 15) is 31.5 Å². The van der Waals surface area contributed by atoms with E-state index in [4.69, 9.17) is 4.74 Å². The summed E-state index contributed by atoms with van der Waals surface area (Å²) in [6.45, 7) is 7.91. The van der Waals surface area contributed by atoms with E-state index in [2.05, 4.69) is 15.2 Å². The number of sulfonamides is 1. The molecule has 3 aromatic rings. The number of rotatable bonds is 8. The number of nitrogens with one attached hydrogen (secondary N) is 1. The molecule has 3 aromatic heterocycles. The van der Waals surface area contributed by atoms with Gasteiger partial charge in [0.25, 0.3) is 15.9 Å². The molecule has 0 spiro atoms. The van der Waals surface area contributed by atoms with Crippen LogP contribution in [0.15, 0.2) is 35.5 Å². The molecule has 1 aliphatic rings. The summed E-state index contributed by atoms with van der Waals surface area (Å²) in [5.41, 5.74) is -2.58. The first kappa shape index (κ1) is 30.1. The van der Waals surface area contributed by atoms with Gasteiger partial charge in [0, 0.05) is 31.4 Å². The maximum absolute atomic E-state index is 13.3. The molecule has 1 fully saturated rings. The van der Waals surface area contributed by atoms with E-state index < -0.39 is 50.4 Å². The van der Waals surface area contributed by atoms with Crippen LogP contribution in [0.2, 0.25) is 0 Å². The Labute approximate surface area is 235 Å². The lowest BCUT2D eigenvalue weighted by atomic mass is 9.94. The fourth-order valence-electron chi connectivity index (χ4n) is 4.59. The van der Waals surface area contributed by atoms with E-state index in [0.29, 0.717) is 6.54 Å². The van der Waals surface area contributed by atoms with E-state index in [1.165, 1.54) is 36.1 Å². The summed E-state index contributed by atoms with van der Waals surface area (Å²) in [7, 11) is -3.13. The van der Waals surface area contributed by atoms with Gasteiger partial charge in [-0.15, -0.1) is 5.10 Å². The minimum Gasteiger partial charge on any atom is -0.492 e. The molecule has 4 rings (SSSR count). The van der Waals surface area contributed by atoms with Crippen molar-refractivity contribution in [3.05, 3.63) is 36.2 Å². The highest BCUT2D eigenvalue weighted by Crippen LogP contribution is 2.39. The maximum Gasteiger partial charge on any atom is 0.397 e. The molecule has 224 valence electrons. The number of hydrogen-bond acceptors (Lipinski definition) is 9. The summed E-state index contributed by atoms with van der Waals surface area (Å²) in [4.78, 5) is 19.3. The quantitative estimate of drug-likeness (QED) is 0.398. The first-order valence-electron chi connectivity index (χ1n) is 12.6. The average molecular weight is 600 g/mol. The Balaban J connectivity index is 1.68. The number of ether oxygens (including phenoxy) is 1. The fourth-order valence-corrected chi connectivity index (χ4v) is 5.61. The number of carbonyl (C=O) groups is 1. The molecule has 0 aliphatic carbocycles. The Bertz CT molecular complexity index is 1560. The number of halogens is 3. The van der Waals surface area contributed by atoms with Gasteiger partial charge in [-0.05, 0) is 52.2 Å². The van der Waals surface area contributed by atoms with E-state index >= 15 is 0 Å². The molecule has 0 bridgehead atoms. The first-order chi connectivity index (χ1) is 18.8. The summed E-state index contributed by atoms with van der Waals surface area (Å²) in [5.74, 6) is -1.00. The number of aromatic hydroxyl groups is 1.